The van der Waals surface area contributed by atoms with E-state index in [1.807, 2.05) is 13.8 Å². The molecule has 5 nitrogen and oxygen atoms in total. The van der Waals surface area contributed by atoms with Gasteiger partial charge in [-0.3, -0.25) is 10.1 Å². The van der Waals surface area contributed by atoms with Crippen molar-refractivity contribution in [2.75, 3.05) is 0 Å². The average Bonchev–Trinajstić information content (AvgIpc) is 2.61. The number of hydrogen-bond acceptors (Lipinski definition) is 5. The van der Waals surface area contributed by atoms with Crippen LogP contribution in [0.15, 0.2) is 32.7 Å². The fraction of sp³-hybridized carbons (Fsp3) is 0.182. The van der Waals surface area contributed by atoms with Gasteiger partial charge in [0.1, 0.15) is 5.76 Å². The van der Waals surface area contributed by atoms with Gasteiger partial charge in [-0.1, -0.05) is 11.6 Å². The summed E-state index contributed by atoms with van der Waals surface area (Å²) in [6, 6.07) is 4.30. The van der Waals surface area contributed by atoms with Crippen molar-refractivity contribution in [1.29, 1.82) is 0 Å². The lowest BCUT2D eigenvalue weighted by Gasteiger charge is -2.00. The maximum Gasteiger partial charge on any atom is 0.270 e. The Bertz CT molecular complexity index is 593. The Hall–Kier alpha value is -1.53. The molecular formula is C11H9ClN2O3S. The van der Waals surface area contributed by atoms with Crippen LogP contribution < -0.4 is 0 Å². The van der Waals surface area contributed by atoms with Crippen molar-refractivity contribution >= 4 is 29.1 Å². The molecule has 1 aromatic heterocycles. The van der Waals surface area contributed by atoms with E-state index in [0.717, 1.165) is 11.5 Å². The molecule has 0 saturated carbocycles. The third-order valence-electron chi connectivity index (χ3n) is 2.33. The van der Waals surface area contributed by atoms with E-state index in [-0.39, 0.29) is 5.69 Å². The van der Waals surface area contributed by atoms with Crippen LogP contribution in [0.5, 0.6) is 0 Å². The van der Waals surface area contributed by atoms with Crippen LogP contribution in [0.1, 0.15) is 11.5 Å². The topological polar surface area (TPSA) is 69.2 Å². The molecule has 2 rings (SSSR count). The summed E-state index contributed by atoms with van der Waals surface area (Å²) < 4.78 is 5.41. The molecule has 0 unspecified atom stereocenters. The van der Waals surface area contributed by atoms with Crippen molar-refractivity contribution in [3.63, 3.8) is 0 Å². The van der Waals surface area contributed by atoms with E-state index in [9.17, 15) is 10.1 Å². The van der Waals surface area contributed by atoms with Crippen LogP contribution in [0.2, 0.25) is 5.02 Å². The summed E-state index contributed by atoms with van der Waals surface area (Å²) in [4.78, 5) is 15.0. The van der Waals surface area contributed by atoms with E-state index < -0.39 is 4.92 Å². The number of benzene rings is 1. The highest BCUT2D eigenvalue weighted by molar-refractivity contribution is 7.99. The number of nitrogens with zero attached hydrogens (tertiary/aromatic N) is 2. The van der Waals surface area contributed by atoms with Gasteiger partial charge < -0.3 is 4.42 Å². The molecule has 0 spiro atoms. The highest BCUT2D eigenvalue weighted by Gasteiger charge is 2.13. The first-order valence-corrected chi connectivity index (χ1v) is 6.22. The van der Waals surface area contributed by atoms with Gasteiger partial charge in [-0.2, -0.15) is 0 Å². The molecule has 1 aromatic carbocycles. The summed E-state index contributed by atoms with van der Waals surface area (Å²) in [5.74, 6) is 0.746. The zero-order valence-electron chi connectivity index (χ0n) is 9.64. The molecule has 2 aromatic rings. The summed E-state index contributed by atoms with van der Waals surface area (Å²) in [5.41, 5.74) is 0.777. The normalized spacial score (nSPS) is 10.6. The Morgan fingerprint density at radius 3 is 2.67 bits per heavy atom. The molecule has 0 fully saturated rings. The Balaban J connectivity index is 2.27. The van der Waals surface area contributed by atoms with E-state index >= 15 is 0 Å². The molecule has 0 atom stereocenters. The van der Waals surface area contributed by atoms with E-state index in [0.29, 0.717) is 15.1 Å². The largest absolute Gasteiger partial charge is 0.436 e. The van der Waals surface area contributed by atoms with Crippen molar-refractivity contribution in [1.82, 2.24) is 4.98 Å². The maximum absolute atomic E-state index is 10.6. The number of non-ortho nitro benzene ring substituents is 1. The first kappa shape index (κ1) is 12.9. The molecule has 0 N–H and O–H groups in total. The summed E-state index contributed by atoms with van der Waals surface area (Å²) in [5, 5.41) is 11.4. The van der Waals surface area contributed by atoms with E-state index in [2.05, 4.69) is 4.98 Å². The number of aryl methyl sites for hydroxylation is 2. The number of rotatable bonds is 3. The van der Waals surface area contributed by atoms with E-state index in [4.69, 9.17) is 16.0 Å². The highest BCUT2D eigenvalue weighted by atomic mass is 35.5. The second-order valence-corrected chi connectivity index (χ2v) is 5.00. The lowest BCUT2D eigenvalue weighted by molar-refractivity contribution is -0.384. The Morgan fingerprint density at radius 1 is 1.44 bits per heavy atom. The predicted octanol–water partition coefficient (Wildman–Crippen LogP) is 4.00. The molecule has 0 amide bonds. The summed E-state index contributed by atoms with van der Waals surface area (Å²) in [7, 11) is 0. The third-order valence-corrected chi connectivity index (χ3v) is 3.68. The van der Waals surface area contributed by atoms with Gasteiger partial charge in [0.15, 0.2) is 0 Å². The minimum absolute atomic E-state index is 0.0379. The van der Waals surface area contributed by atoms with Gasteiger partial charge >= 0.3 is 0 Å². The van der Waals surface area contributed by atoms with Gasteiger partial charge in [0, 0.05) is 17.0 Å². The van der Waals surface area contributed by atoms with Gasteiger partial charge in [-0.05, 0) is 31.7 Å². The Kier molecular flexibility index (Phi) is 3.58. The summed E-state index contributed by atoms with van der Waals surface area (Å²) >= 11 is 7.21. The first-order chi connectivity index (χ1) is 8.47. The molecule has 94 valence electrons. The monoisotopic (exact) mass is 284 g/mol. The van der Waals surface area contributed by atoms with Gasteiger partial charge in [-0.15, -0.1) is 0 Å². The predicted molar refractivity (Wildman–Crippen MR) is 68.2 cm³/mol. The van der Waals surface area contributed by atoms with Crippen molar-refractivity contribution in [2.24, 2.45) is 0 Å². The second-order valence-electron chi connectivity index (χ2n) is 3.60. The molecule has 0 aliphatic rings. The number of oxazole rings is 1. The number of nitro benzene ring substituents is 1. The van der Waals surface area contributed by atoms with Crippen molar-refractivity contribution < 1.29 is 9.34 Å². The Morgan fingerprint density at radius 2 is 2.17 bits per heavy atom. The number of nitro groups is 1. The first-order valence-electron chi connectivity index (χ1n) is 5.03. The summed E-state index contributed by atoms with van der Waals surface area (Å²) in [6.45, 7) is 3.67. The lowest BCUT2D eigenvalue weighted by atomic mass is 10.3. The van der Waals surface area contributed by atoms with Gasteiger partial charge in [0.25, 0.3) is 10.9 Å². The molecule has 0 bridgehead atoms. The van der Waals surface area contributed by atoms with Crippen LogP contribution in [0.3, 0.4) is 0 Å². The van der Waals surface area contributed by atoms with Crippen LogP contribution in [0.4, 0.5) is 5.69 Å². The number of halogens is 1. The van der Waals surface area contributed by atoms with E-state index in [1.165, 1.54) is 23.9 Å². The molecular weight excluding hydrogens is 276 g/mol. The maximum atomic E-state index is 10.6. The zero-order valence-corrected chi connectivity index (χ0v) is 11.2. The number of hydrogen-bond donors (Lipinski definition) is 0. The fourth-order valence-electron chi connectivity index (χ4n) is 1.27. The van der Waals surface area contributed by atoms with Crippen molar-refractivity contribution in [2.45, 2.75) is 24.0 Å². The molecule has 0 saturated heterocycles. The molecule has 0 aliphatic carbocycles. The zero-order chi connectivity index (χ0) is 13.3. The Labute approximate surface area is 112 Å². The van der Waals surface area contributed by atoms with Crippen molar-refractivity contribution in [3.05, 3.63) is 44.8 Å². The minimum Gasteiger partial charge on any atom is -0.436 e. The molecule has 18 heavy (non-hydrogen) atoms. The number of aromatic nitrogens is 1. The lowest BCUT2D eigenvalue weighted by Crippen LogP contribution is -1.87. The van der Waals surface area contributed by atoms with Crippen LogP contribution >= 0.6 is 23.4 Å². The summed E-state index contributed by atoms with van der Waals surface area (Å²) in [6.07, 6.45) is 0. The van der Waals surface area contributed by atoms with E-state index in [1.54, 1.807) is 6.07 Å². The molecule has 1 heterocycles. The minimum atomic E-state index is -0.486. The SMILES string of the molecule is Cc1nc(Sc2ccc([N+](=O)[O-])cc2Cl)oc1C. The highest BCUT2D eigenvalue weighted by Crippen LogP contribution is 2.35. The molecule has 7 heteroatoms. The van der Waals surface area contributed by atoms with Crippen LogP contribution in [0, 0.1) is 24.0 Å². The van der Waals surface area contributed by atoms with Crippen LogP contribution in [0.25, 0.3) is 0 Å². The quantitative estimate of drug-likeness (QED) is 0.629. The van der Waals surface area contributed by atoms with Crippen LogP contribution in [-0.4, -0.2) is 9.91 Å². The fourth-order valence-corrected chi connectivity index (χ4v) is 2.39. The van der Waals surface area contributed by atoms with Gasteiger partial charge in [0.2, 0.25) is 0 Å². The standard InChI is InChI=1S/C11H9ClN2O3S/c1-6-7(2)17-11(13-6)18-10-4-3-8(14(15)16)5-9(10)12/h3-5H,1-2H3. The van der Waals surface area contributed by atoms with Crippen LogP contribution in [-0.2, 0) is 0 Å². The average molecular weight is 285 g/mol. The second kappa shape index (κ2) is 4.99. The molecule has 0 aliphatic heterocycles. The van der Waals surface area contributed by atoms with Crippen molar-refractivity contribution in [3.8, 4) is 0 Å². The van der Waals surface area contributed by atoms with Gasteiger partial charge in [0.05, 0.1) is 15.6 Å². The molecule has 0 radical (unpaired) electrons. The third kappa shape index (κ3) is 2.65. The van der Waals surface area contributed by atoms with Gasteiger partial charge in [-0.25, -0.2) is 4.98 Å². The smallest absolute Gasteiger partial charge is 0.270 e.